The molecule has 0 saturated heterocycles. The van der Waals surface area contributed by atoms with Crippen LogP contribution in [0.25, 0.3) is 0 Å². The third-order valence-electron chi connectivity index (χ3n) is 3.95. The Labute approximate surface area is 133 Å². The second kappa shape index (κ2) is 7.45. The van der Waals surface area contributed by atoms with E-state index in [1.54, 1.807) is 0 Å². The maximum Gasteiger partial charge on any atom is 0.124 e. The lowest BCUT2D eigenvalue weighted by Crippen LogP contribution is -2.19. The van der Waals surface area contributed by atoms with Crippen LogP contribution in [-0.4, -0.2) is 15.9 Å². The van der Waals surface area contributed by atoms with Crippen molar-refractivity contribution in [3.8, 4) is 5.75 Å². The van der Waals surface area contributed by atoms with Crippen LogP contribution in [0, 0.1) is 6.92 Å². The molecule has 1 N–H and O–H groups in total. The Kier molecular flexibility index (Phi) is 5.61. The summed E-state index contributed by atoms with van der Waals surface area (Å²) in [5.74, 6) is 0.986. The fraction of sp³-hybridized carbons (Fsp3) is 0.500. The SMILES string of the molecule is CC[C@@H](C)Oc1cc(C)ccc1CN[C@@H](C)c1cnn(C)c1. The number of nitrogens with one attached hydrogen (secondary N) is 1. The number of ether oxygens (including phenoxy) is 1. The molecule has 1 aromatic carbocycles. The number of aromatic nitrogens is 2. The van der Waals surface area contributed by atoms with Crippen molar-refractivity contribution in [1.82, 2.24) is 15.1 Å². The summed E-state index contributed by atoms with van der Waals surface area (Å²) in [5.41, 5.74) is 3.61. The highest BCUT2D eigenvalue weighted by atomic mass is 16.5. The smallest absolute Gasteiger partial charge is 0.124 e. The fourth-order valence-corrected chi connectivity index (χ4v) is 2.26. The van der Waals surface area contributed by atoms with E-state index in [0.29, 0.717) is 0 Å². The van der Waals surface area contributed by atoms with Gasteiger partial charge in [0.05, 0.1) is 12.3 Å². The number of hydrogen-bond acceptors (Lipinski definition) is 3. The van der Waals surface area contributed by atoms with Gasteiger partial charge in [0.15, 0.2) is 0 Å². The van der Waals surface area contributed by atoms with Crippen molar-refractivity contribution in [3.05, 3.63) is 47.3 Å². The van der Waals surface area contributed by atoms with Crippen molar-refractivity contribution in [1.29, 1.82) is 0 Å². The molecule has 0 saturated carbocycles. The Hall–Kier alpha value is -1.81. The first-order valence-electron chi connectivity index (χ1n) is 7.97. The molecular formula is C18H27N3O. The van der Waals surface area contributed by atoms with Gasteiger partial charge in [0.25, 0.3) is 0 Å². The second-order valence-corrected chi connectivity index (χ2v) is 6.00. The van der Waals surface area contributed by atoms with Gasteiger partial charge in [0, 0.05) is 37.0 Å². The molecule has 22 heavy (non-hydrogen) atoms. The highest BCUT2D eigenvalue weighted by molar-refractivity contribution is 5.37. The molecule has 4 nitrogen and oxygen atoms in total. The van der Waals surface area contributed by atoms with Crippen molar-refractivity contribution in [2.75, 3.05) is 0 Å². The predicted molar refractivity (Wildman–Crippen MR) is 90.0 cm³/mol. The van der Waals surface area contributed by atoms with Crippen LogP contribution in [-0.2, 0) is 13.6 Å². The number of rotatable bonds is 7. The molecule has 4 heteroatoms. The maximum atomic E-state index is 6.06. The molecule has 1 aromatic heterocycles. The Morgan fingerprint density at radius 2 is 2.09 bits per heavy atom. The summed E-state index contributed by atoms with van der Waals surface area (Å²) in [6.45, 7) is 9.28. The summed E-state index contributed by atoms with van der Waals surface area (Å²) in [7, 11) is 1.94. The minimum absolute atomic E-state index is 0.233. The van der Waals surface area contributed by atoms with E-state index >= 15 is 0 Å². The van der Waals surface area contributed by atoms with E-state index in [4.69, 9.17) is 4.74 Å². The minimum Gasteiger partial charge on any atom is -0.490 e. The highest BCUT2D eigenvalue weighted by Crippen LogP contribution is 2.23. The zero-order valence-corrected chi connectivity index (χ0v) is 14.3. The Morgan fingerprint density at radius 1 is 1.32 bits per heavy atom. The van der Waals surface area contributed by atoms with Gasteiger partial charge in [-0.15, -0.1) is 0 Å². The standard InChI is InChI=1S/C18H27N3O/c1-6-14(3)22-18-9-13(2)7-8-16(18)10-19-15(4)17-11-20-21(5)12-17/h7-9,11-12,14-15,19H,6,10H2,1-5H3/t14-,15+/m1/s1. The van der Waals surface area contributed by atoms with Gasteiger partial charge in [-0.3, -0.25) is 4.68 Å². The fourth-order valence-electron chi connectivity index (χ4n) is 2.26. The van der Waals surface area contributed by atoms with Gasteiger partial charge < -0.3 is 10.1 Å². The third-order valence-corrected chi connectivity index (χ3v) is 3.95. The molecule has 0 spiro atoms. The van der Waals surface area contributed by atoms with Crippen molar-refractivity contribution < 1.29 is 4.74 Å². The van der Waals surface area contributed by atoms with Gasteiger partial charge in [0.2, 0.25) is 0 Å². The van der Waals surface area contributed by atoms with Crippen LogP contribution >= 0.6 is 0 Å². The molecule has 0 fully saturated rings. The van der Waals surface area contributed by atoms with Gasteiger partial charge in [-0.1, -0.05) is 19.1 Å². The van der Waals surface area contributed by atoms with Gasteiger partial charge in [-0.05, 0) is 38.8 Å². The molecule has 120 valence electrons. The molecule has 0 aliphatic carbocycles. The van der Waals surface area contributed by atoms with Crippen LogP contribution in [0.1, 0.15) is 49.9 Å². The zero-order chi connectivity index (χ0) is 16.1. The molecule has 0 unspecified atom stereocenters. The summed E-state index contributed by atoms with van der Waals surface area (Å²) in [6.07, 6.45) is 5.19. The van der Waals surface area contributed by atoms with Crippen LogP contribution in [0.15, 0.2) is 30.6 Å². The average molecular weight is 301 g/mol. The molecule has 2 atom stereocenters. The molecule has 1 heterocycles. The minimum atomic E-state index is 0.233. The van der Waals surface area contributed by atoms with Gasteiger partial charge in [-0.2, -0.15) is 5.10 Å². The lowest BCUT2D eigenvalue weighted by molar-refractivity contribution is 0.214. The van der Waals surface area contributed by atoms with Gasteiger partial charge >= 0.3 is 0 Å². The zero-order valence-electron chi connectivity index (χ0n) is 14.3. The maximum absolute atomic E-state index is 6.06. The lowest BCUT2D eigenvalue weighted by atomic mass is 10.1. The predicted octanol–water partition coefficient (Wildman–Crippen LogP) is 3.76. The van der Waals surface area contributed by atoms with E-state index in [1.807, 2.05) is 24.1 Å². The molecule has 0 radical (unpaired) electrons. The first-order chi connectivity index (χ1) is 10.5. The number of aryl methyl sites for hydroxylation is 2. The van der Waals surface area contributed by atoms with Crippen LogP contribution in [0.5, 0.6) is 5.75 Å². The third kappa shape index (κ3) is 4.34. The molecule has 2 aromatic rings. The molecule has 2 rings (SSSR count). The summed E-state index contributed by atoms with van der Waals surface area (Å²) in [4.78, 5) is 0. The summed E-state index contributed by atoms with van der Waals surface area (Å²) in [5, 5.41) is 7.77. The first kappa shape index (κ1) is 16.6. The molecule has 0 amide bonds. The lowest BCUT2D eigenvalue weighted by Gasteiger charge is -2.18. The van der Waals surface area contributed by atoms with Crippen LogP contribution in [0.2, 0.25) is 0 Å². The second-order valence-electron chi connectivity index (χ2n) is 6.00. The normalized spacial score (nSPS) is 13.9. The van der Waals surface area contributed by atoms with E-state index < -0.39 is 0 Å². The van der Waals surface area contributed by atoms with E-state index in [2.05, 4.69) is 56.3 Å². The summed E-state index contributed by atoms with van der Waals surface area (Å²) >= 11 is 0. The van der Waals surface area contributed by atoms with Crippen molar-refractivity contribution in [2.24, 2.45) is 7.05 Å². The van der Waals surface area contributed by atoms with Crippen LogP contribution in [0.4, 0.5) is 0 Å². The van der Waals surface area contributed by atoms with Crippen LogP contribution in [0.3, 0.4) is 0 Å². The molecule has 0 bridgehead atoms. The highest BCUT2D eigenvalue weighted by Gasteiger charge is 2.11. The number of benzene rings is 1. The van der Waals surface area contributed by atoms with Crippen molar-refractivity contribution in [2.45, 2.75) is 52.8 Å². The van der Waals surface area contributed by atoms with Crippen molar-refractivity contribution in [3.63, 3.8) is 0 Å². The number of hydrogen-bond donors (Lipinski definition) is 1. The Balaban J connectivity index is 2.05. The van der Waals surface area contributed by atoms with E-state index in [1.165, 1.54) is 16.7 Å². The van der Waals surface area contributed by atoms with Gasteiger partial charge in [-0.25, -0.2) is 0 Å². The topological polar surface area (TPSA) is 39.1 Å². The van der Waals surface area contributed by atoms with Gasteiger partial charge in [0.1, 0.15) is 5.75 Å². The Morgan fingerprint density at radius 3 is 2.73 bits per heavy atom. The molecule has 0 aliphatic heterocycles. The van der Waals surface area contributed by atoms with Crippen molar-refractivity contribution >= 4 is 0 Å². The van der Waals surface area contributed by atoms with E-state index in [0.717, 1.165) is 18.7 Å². The quantitative estimate of drug-likeness (QED) is 0.846. The largest absolute Gasteiger partial charge is 0.490 e. The average Bonchev–Trinajstić information content (AvgIpc) is 2.92. The monoisotopic (exact) mass is 301 g/mol. The number of nitrogens with zero attached hydrogens (tertiary/aromatic N) is 2. The summed E-state index contributed by atoms with van der Waals surface area (Å²) < 4.78 is 7.89. The summed E-state index contributed by atoms with van der Waals surface area (Å²) in [6, 6.07) is 6.66. The van der Waals surface area contributed by atoms with E-state index in [9.17, 15) is 0 Å². The Bertz CT molecular complexity index is 606. The first-order valence-corrected chi connectivity index (χ1v) is 7.97. The van der Waals surface area contributed by atoms with E-state index in [-0.39, 0.29) is 12.1 Å². The van der Waals surface area contributed by atoms with Crippen LogP contribution < -0.4 is 10.1 Å². The molecule has 0 aliphatic rings. The molecular weight excluding hydrogens is 274 g/mol.